The average Bonchev–Trinajstić information content (AvgIpc) is 3.07. The van der Waals surface area contributed by atoms with Crippen molar-refractivity contribution in [1.29, 1.82) is 0 Å². The molecule has 6 heteroatoms. The Bertz CT molecular complexity index is 464. The van der Waals surface area contributed by atoms with Gasteiger partial charge in [-0.3, -0.25) is 4.79 Å². The average molecular weight is 294 g/mol. The number of nitrogens with one attached hydrogen (secondary N) is 1. The highest BCUT2D eigenvalue weighted by Gasteiger charge is 2.59. The molecule has 0 unspecified atom stereocenters. The molecule has 1 aliphatic carbocycles. The molecule has 1 N–H and O–H groups in total. The second-order valence-corrected chi connectivity index (χ2v) is 7.02. The highest BCUT2D eigenvalue weighted by atomic mass is 16.8. The number of amides is 1. The summed E-state index contributed by atoms with van der Waals surface area (Å²) in [7, 11) is 0. The zero-order valence-corrected chi connectivity index (χ0v) is 12.2. The highest BCUT2D eigenvalue weighted by molar-refractivity contribution is 5.83. The molecule has 21 heavy (non-hydrogen) atoms. The van der Waals surface area contributed by atoms with Crippen molar-refractivity contribution >= 4 is 12.1 Å². The van der Waals surface area contributed by atoms with Gasteiger partial charge in [-0.15, -0.1) is 0 Å². The topological polar surface area (TPSA) is 67.9 Å². The van der Waals surface area contributed by atoms with Crippen LogP contribution < -0.4 is 5.32 Å². The minimum atomic E-state index is -0.564. The van der Waals surface area contributed by atoms with Crippen molar-refractivity contribution in [3.8, 4) is 0 Å². The molecule has 4 rings (SSSR count). The molecule has 0 aromatic rings. The minimum absolute atomic E-state index is 0.232. The molecule has 1 atom stereocenters. The van der Waals surface area contributed by atoms with Crippen molar-refractivity contribution in [3.63, 3.8) is 0 Å². The second-order valence-electron chi connectivity index (χ2n) is 7.02. The molecule has 0 radical (unpaired) electrons. The number of hydrogen-bond donors (Lipinski definition) is 1. The van der Waals surface area contributed by atoms with Gasteiger partial charge in [0.2, 0.25) is 5.91 Å². The fraction of sp³-hybridized carbons (Fsp3) is 0.867. The van der Waals surface area contributed by atoms with E-state index < -0.39 is 11.8 Å². The summed E-state index contributed by atoms with van der Waals surface area (Å²) < 4.78 is 10.2. The Morgan fingerprint density at radius 1 is 1.19 bits per heavy atom. The van der Waals surface area contributed by atoms with Crippen LogP contribution in [0.15, 0.2) is 0 Å². The standard InChI is InChI=1S/C15H22N2O4/c18-12(11-9-14(11)1-5-16-6-2-14)17-7-3-15(4-8-17)10-20-13(19)21-15/h11,16H,1-10H2/t11-/m0/s1. The lowest BCUT2D eigenvalue weighted by atomic mass is 9.90. The summed E-state index contributed by atoms with van der Waals surface area (Å²) in [5.41, 5.74) is -0.176. The van der Waals surface area contributed by atoms with Crippen LogP contribution in [-0.4, -0.2) is 55.3 Å². The molecule has 3 saturated heterocycles. The third-order valence-electron chi connectivity index (χ3n) is 5.83. The normalized spacial score (nSPS) is 32.9. The lowest BCUT2D eigenvalue weighted by Gasteiger charge is -2.37. The predicted octanol–water partition coefficient (Wildman–Crippen LogP) is 0.904. The Morgan fingerprint density at radius 2 is 1.90 bits per heavy atom. The van der Waals surface area contributed by atoms with E-state index in [9.17, 15) is 9.59 Å². The van der Waals surface area contributed by atoms with Crippen LogP contribution in [0.4, 0.5) is 4.79 Å². The molecule has 116 valence electrons. The van der Waals surface area contributed by atoms with Crippen LogP contribution in [0.25, 0.3) is 0 Å². The molecule has 3 heterocycles. The van der Waals surface area contributed by atoms with E-state index in [1.807, 2.05) is 4.90 Å². The smallest absolute Gasteiger partial charge is 0.430 e. The Hall–Kier alpha value is -1.30. The summed E-state index contributed by atoms with van der Waals surface area (Å²) >= 11 is 0. The fourth-order valence-corrected chi connectivity index (χ4v) is 4.20. The van der Waals surface area contributed by atoms with Crippen LogP contribution in [0.3, 0.4) is 0 Å². The van der Waals surface area contributed by atoms with Crippen molar-refractivity contribution < 1.29 is 19.1 Å². The summed E-state index contributed by atoms with van der Waals surface area (Å²) in [5, 5.41) is 3.37. The molecular weight excluding hydrogens is 272 g/mol. The van der Waals surface area contributed by atoms with Gasteiger partial charge in [-0.05, 0) is 37.8 Å². The van der Waals surface area contributed by atoms with Crippen molar-refractivity contribution in [1.82, 2.24) is 10.2 Å². The largest absolute Gasteiger partial charge is 0.509 e. The molecule has 1 saturated carbocycles. The molecule has 3 aliphatic heterocycles. The number of rotatable bonds is 1. The molecule has 1 amide bonds. The maximum absolute atomic E-state index is 12.7. The van der Waals surface area contributed by atoms with E-state index >= 15 is 0 Å². The van der Waals surface area contributed by atoms with Gasteiger partial charge >= 0.3 is 6.16 Å². The van der Waals surface area contributed by atoms with Gasteiger partial charge in [0, 0.05) is 31.8 Å². The number of piperidine rings is 2. The van der Waals surface area contributed by atoms with Gasteiger partial charge in [0.05, 0.1) is 0 Å². The van der Waals surface area contributed by atoms with Crippen LogP contribution in [0.5, 0.6) is 0 Å². The summed E-state index contributed by atoms with van der Waals surface area (Å²) in [6.45, 7) is 3.79. The van der Waals surface area contributed by atoms with E-state index in [-0.39, 0.29) is 5.92 Å². The molecule has 0 aromatic carbocycles. The van der Waals surface area contributed by atoms with E-state index in [0.717, 1.165) is 32.4 Å². The van der Waals surface area contributed by atoms with Gasteiger partial charge in [0.15, 0.2) is 5.60 Å². The number of nitrogens with zero attached hydrogens (tertiary/aromatic N) is 1. The summed E-state index contributed by atoms with van der Waals surface area (Å²) in [6.07, 6.45) is 4.16. The van der Waals surface area contributed by atoms with E-state index in [1.54, 1.807) is 0 Å². The first kappa shape index (κ1) is 13.4. The van der Waals surface area contributed by atoms with Gasteiger partial charge in [0.25, 0.3) is 0 Å². The minimum Gasteiger partial charge on any atom is -0.430 e. The van der Waals surface area contributed by atoms with Gasteiger partial charge in [-0.2, -0.15) is 0 Å². The first-order valence-corrected chi connectivity index (χ1v) is 7.98. The third-order valence-corrected chi connectivity index (χ3v) is 5.83. The molecule has 0 bridgehead atoms. The number of cyclic esters (lactones) is 1. The van der Waals surface area contributed by atoms with Crippen LogP contribution in [-0.2, 0) is 14.3 Å². The monoisotopic (exact) mass is 294 g/mol. The summed E-state index contributed by atoms with van der Waals surface area (Å²) in [6, 6.07) is 0. The van der Waals surface area contributed by atoms with Gasteiger partial charge < -0.3 is 19.7 Å². The van der Waals surface area contributed by atoms with E-state index in [1.165, 1.54) is 0 Å². The van der Waals surface area contributed by atoms with Gasteiger partial charge in [0.1, 0.15) is 6.61 Å². The molecule has 2 spiro atoms. The first-order chi connectivity index (χ1) is 10.1. The summed E-state index contributed by atoms with van der Waals surface area (Å²) in [4.78, 5) is 25.8. The maximum Gasteiger partial charge on any atom is 0.509 e. The van der Waals surface area contributed by atoms with E-state index in [4.69, 9.17) is 9.47 Å². The molecule has 4 fully saturated rings. The first-order valence-electron chi connectivity index (χ1n) is 7.98. The van der Waals surface area contributed by atoms with Gasteiger partial charge in [-0.25, -0.2) is 4.79 Å². The molecule has 4 aliphatic rings. The number of ether oxygens (including phenoxy) is 2. The Kier molecular flexibility index (Phi) is 2.93. The highest BCUT2D eigenvalue weighted by Crippen LogP contribution is 2.59. The maximum atomic E-state index is 12.7. The third kappa shape index (κ3) is 2.20. The van der Waals surface area contributed by atoms with E-state index in [2.05, 4.69) is 5.32 Å². The van der Waals surface area contributed by atoms with Crippen molar-refractivity contribution in [2.45, 2.75) is 37.7 Å². The predicted molar refractivity (Wildman–Crippen MR) is 73.6 cm³/mol. The molecular formula is C15H22N2O4. The van der Waals surface area contributed by atoms with Crippen LogP contribution >= 0.6 is 0 Å². The molecule has 0 aromatic heterocycles. The number of likely N-dealkylation sites (tertiary alicyclic amines) is 1. The summed E-state index contributed by atoms with van der Waals surface area (Å²) in [5.74, 6) is 0.549. The fourth-order valence-electron chi connectivity index (χ4n) is 4.20. The van der Waals surface area contributed by atoms with Crippen LogP contribution in [0.1, 0.15) is 32.1 Å². The zero-order valence-electron chi connectivity index (χ0n) is 12.2. The van der Waals surface area contributed by atoms with Crippen molar-refractivity contribution in [3.05, 3.63) is 0 Å². The Morgan fingerprint density at radius 3 is 2.52 bits per heavy atom. The number of carbonyl (C=O) groups is 2. The van der Waals surface area contributed by atoms with Crippen molar-refractivity contribution in [2.75, 3.05) is 32.8 Å². The van der Waals surface area contributed by atoms with E-state index in [0.29, 0.717) is 43.9 Å². The lowest BCUT2D eigenvalue weighted by molar-refractivity contribution is -0.137. The Balaban J connectivity index is 1.34. The SMILES string of the molecule is O=C1OCC2(CCN(C(=O)[C@@H]3CC34CCNCC4)CC2)O1. The zero-order chi connectivity index (χ0) is 14.5. The quantitative estimate of drug-likeness (QED) is 0.728. The molecule has 6 nitrogen and oxygen atoms in total. The van der Waals surface area contributed by atoms with Crippen LogP contribution in [0, 0.1) is 11.3 Å². The second kappa shape index (κ2) is 4.60. The number of carbonyl (C=O) groups excluding carboxylic acids is 2. The lowest BCUT2D eigenvalue weighted by Crippen LogP contribution is -2.49. The van der Waals surface area contributed by atoms with Crippen molar-refractivity contribution in [2.24, 2.45) is 11.3 Å². The Labute approximate surface area is 124 Å². The van der Waals surface area contributed by atoms with Gasteiger partial charge in [-0.1, -0.05) is 0 Å². The van der Waals surface area contributed by atoms with Crippen LogP contribution in [0.2, 0.25) is 0 Å². The number of hydrogen-bond acceptors (Lipinski definition) is 5.